The zero-order valence-electron chi connectivity index (χ0n) is 20.8. The van der Waals surface area contributed by atoms with Crippen molar-refractivity contribution >= 4 is 87.1 Å². The van der Waals surface area contributed by atoms with Crippen molar-refractivity contribution in [2.75, 3.05) is 0 Å². The number of rotatable bonds is 5. The molecule has 0 saturated carbocycles. The minimum absolute atomic E-state index is 0.213. The topological polar surface area (TPSA) is 32.6 Å². The molecule has 4 aromatic carbocycles. The van der Waals surface area contributed by atoms with Crippen LogP contribution in [0.5, 0.6) is 5.75 Å². The third-order valence-corrected chi connectivity index (χ3v) is 10.5. The molecule has 1 N–H and O–H groups in total. The number of phenols is 1. The van der Waals surface area contributed by atoms with E-state index in [1.165, 1.54) is 15.6 Å². The van der Waals surface area contributed by atoms with E-state index in [2.05, 4.69) is 157 Å². The fourth-order valence-electron chi connectivity index (χ4n) is 4.26. The van der Waals surface area contributed by atoms with Crippen molar-refractivity contribution < 1.29 is 13.7 Å². The van der Waals surface area contributed by atoms with Crippen molar-refractivity contribution in [3.63, 3.8) is 0 Å². The molecular formula is C29H29Br4NOSiTa. The molecule has 0 saturated heterocycles. The number of phenolic OH excluding ortho intramolecular Hbond substituents is 1. The summed E-state index contributed by atoms with van der Waals surface area (Å²) in [5, 5.41) is 16.3. The molecule has 0 spiro atoms. The quantitative estimate of drug-likeness (QED) is 0.127. The van der Waals surface area contributed by atoms with E-state index in [0.717, 1.165) is 10.8 Å². The van der Waals surface area contributed by atoms with E-state index in [1.807, 2.05) is 30.3 Å². The number of aromatic hydroxyl groups is 1. The van der Waals surface area contributed by atoms with Crippen LogP contribution >= 0.6 is 52.1 Å². The summed E-state index contributed by atoms with van der Waals surface area (Å²) >= 11 is 13.4. The Kier molecular flexibility index (Phi) is 11.3. The first-order valence-corrected chi connectivity index (χ1v) is 41.7. The first-order chi connectivity index (χ1) is 17.4. The zero-order chi connectivity index (χ0) is 27.1. The predicted octanol–water partition coefficient (Wildman–Crippen LogP) is 7.37. The Bertz CT molecular complexity index is 1210. The number of para-hydroxylation sites is 1. The molecule has 0 radical (unpaired) electrons. The second kappa shape index (κ2) is 13.5. The Labute approximate surface area is 250 Å². The van der Waals surface area contributed by atoms with Gasteiger partial charge in [-0.15, -0.1) is 0 Å². The van der Waals surface area contributed by atoms with Crippen LogP contribution in [0.1, 0.15) is 26.3 Å². The van der Waals surface area contributed by atoms with Crippen molar-refractivity contribution in [3.8, 4) is 5.75 Å². The van der Waals surface area contributed by atoms with E-state index < -0.39 is 16.7 Å². The summed E-state index contributed by atoms with van der Waals surface area (Å²) in [5.74, 6) is 0.309. The van der Waals surface area contributed by atoms with Gasteiger partial charge >= 0.3 is 60.7 Å². The van der Waals surface area contributed by atoms with E-state index in [0.29, 0.717) is 5.75 Å². The molecule has 4 rings (SSSR count). The van der Waals surface area contributed by atoms with Gasteiger partial charge in [0.25, 0.3) is 0 Å². The molecule has 0 bridgehead atoms. The second-order valence-electron chi connectivity index (χ2n) is 9.40. The molecule has 0 amide bonds. The van der Waals surface area contributed by atoms with Crippen LogP contribution in [0.25, 0.3) is 0 Å². The Hall–Kier alpha value is -0.773. The average molecular weight is 936 g/mol. The summed E-state index contributed by atoms with van der Waals surface area (Å²) in [5.41, 5.74) is 0.534. The molecule has 0 aliphatic carbocycles. The van der Waals surface area contributed by atoms with Crippen molar-refractivity contribution in [1.82, 2.24) is 0 Å². The molecule has 0 aliphatic heterocycles. The molecule has 37 heavy (non-hydrogen) atoms. The number of aliphatic imine (C=N–C) groups is 1. The van der Waals surface area contributed by atoms with Crippen LogP contribution in [0.15, 0.2) is 114 Å². The first-order valence-electron chi connectivity index (χ1n) is 11.6. The monoisotopic (exact) mass is 932 g/mol. The molecule has 0 aliphatic rings. The zero-order valence-corrected chi connectivity index (χ0v) is 31.4. The van der Waals surface area contributed by atoms with Gasteiger partial charge in [-0.2, -0.15) is 0 Å². The Morgan fingerprint density at radius 1 is 0.649 bits per heavy atom. The van der Waals surface area contributed by atoms with Gasteiger partial charge in [0.1, 0.15) is 5.75 Å². The second-order valence-corrected chi connectivity index (χ2v) is 97.5. The third kappa shape index (κ3) is 8.61. The molecule has 0 unspecified atom stereocenters. The number of halogens is 4. The van der Waals surface area contributed by atoms with Gasteiger partial charge in [-0.1, -0.05) is 103 Å². The first kappa shape index (κ1) is 30.8. The van der Waals surface area contributed by atoms with Crippen LogP contribution in [0.2, 0.25) is 0 Å². The normalized spacial score (nSPS) is 12.2. The van der Waals surface area contributed by atoms with E-state index in [1.54, 1.807) is 6.21 Å². The minimum atomic E-state index is -2.76. The van der Waals surface area contributed by atoms with Gasteiger partial charge in [-0.3, -0.25) is 4.99 Å². The van der Waals surface area contributed by atoms with E-state index >= 15 is 0 Å². The predicted molar refractivity (Wildman–Crippen MR) is 175 cm³/mol. The summed E-state index contributed by atoms with van der Waals surface area (Å²) in [7, 11) is -4.73. The summed E-state index contributed by atoms with van der Waals surface area (Å²) in [6.07, 6.45) is 1.80. The SMILES string of the molecule is CC(C)(C)N=Cc1cccc([Si](c2ccccc2)(c2ccccc2)c2ccccc2)c1O.[Br][Ta]([Br])([Br])[Br]. The van der Waals surface area contributed by atoms with Gasteiger partial charge in [-0.05, 0) is 47.6 Å². The molecular weight excluding hydrogens is 907 g/mol. The summed E-state index contributed by atoms with van der Waals surface area (Å²) in [6, 6.07) is 37.9. The van der Waals surface area contributed by atoms with E-state index in [9.17, 15) is 5.11 Å². The average Bonchev–Trinajstić information content (AvgIpc) is 2.85. The van der Waals surface area contributed by atoms with Gasteiger partial charge in [0, 0.05) is 11.8 Å². The molecule has 193 valence electrons. The Morgan fingerprint density at radius 2 is 1.03 bits per heavy atom. The molecule has 8 heteroatoms. The van der Waals surface area contributed by atoms with Crippen LogP contribution < -0.4 is 20.7 Å². The number of hydrogen-bond acceptors (Lipinski definition) is 2. The number of hydrogen-bond donors (Lipinski definition) is 1. The van der Waals surface area contributed by atoms with Gasteiger partial charge in [0.15, 0.2) is 8.07 Å². The van der Waals surface area contributed by atoms with Crippen LogP contribution in [-0.4, -0.2) is 24.9 Å². The van der Waals surface area contributed by atoms with Crippen molar-refractivity contribution in [3.05, 3.63) is 115 Å². The maximum atomic E-state index is 11.6. The number of nitrogens with zero attached hydrogens (tertiary/aromatic N) is 1. The van der Waals surface area contributed by atoms with Gasteiger partial charge in [0.05, 0.1) is 5.54 Å². The summed E-state index contributed by atoms with van der Waals surface area (Å²) in [6.45, 7) is 6.17. The third-order valence-electron chi connectivity index (χ3n) is 5.68. The number of benzene rings is 4. The van der Waals surface area contributed by atoms with Crippen LogP contribution in [0, 0.1) is 0 Å². The fourth-order valence-corrected chi connectivity index (χ4v) is 9.12. The summed E-state index contributed by atoms with van der Waals surface area (Å²) in [4.78, 5) is 4.66. The molecule has 2 nitrogen and oxygen atoms in total. The van der Waals surface area contributed by atoms with Gasteiger partial charge in [0.2, 0.25) is 0 Å². The van der Waals surface area contributed by atoms with E-state index in [4.69, 9.17) is 0 Å². The van der Waals surface area contributed by atoms with E-state index in [-0.39, 0.29) is 5.54 Å². The van der Waals surface area contributed by atoms with Gasteiger partial charge in [-0.25, -0.2) is 0 Å². The molecule has 0 atom stereocenters. The molecule has 4 aromatic rings. The Balaban J connectivity index is 0.000000695. The molecule has 0 fully saturated rings. The van der Waals surface area contributed by atoms with Crippen LogP contribution in [0.3, 0.4) is 0 Å². The molecule has 0 aromatic heterocycles. The standard InChI is InChI=1S/C29H29NOSi.4BrH.Ta/c1-29(2,3)30-22-23-14-13-21-27(28(23)31)32(24-15-7-4-8-16-24,25-17-9-5-10-18-25)26-19-11-6-12-20-26;;;;;/h4-22,31H,1-3H3;4*1H;/q;;;;;+4/p-4. The Morgan fingerprint density at radius 3 is 1.38 bits per heavy atom. The van der Waals surface area contributed by atoms with Crippen molar-refractivity contribution in [2.45, 2.75) is 26.3 Å². The maximum absolute atomic E-state index is 11.6. The van der Waals surface area contributed by atoms with Crippen molar-refractivity contribution in [1.29, 1.82) is 0 Å². The van der Waals surface area contributed by atoms with Crippen molar-refractivity contribution in [2.24, 2.45) is 4.99 Å². The molecule has 0 heterocycles. The van der Waals surface area contributed by atoms with Crippen LogP contribution in [-0.2, 0) is 8.59 Å². The summed E-state index contributed by atoms with van der Waals surface area (Å²) < 4.78 is 0. The van der Waals surface area contributed by atoms with Gasteiger partial charge < -0.3 is 5.11 Å². The fraction of sp³-hybridized carbons (Fsp3) is 0.138. The van der Waals surface area contributed by atoms with Crippen LogP contribution in [0.4, 0.5) is 0 Å².